The monoisotopic (exact) mass is 959 g/mol. The van der Waals surface area contributed by atoms with Crippen molar-refractivity contribution in [2.75, 3.05) is 21.3 Å². The third-order valence-electron chi connectivity index (χ3n) is 17.8. The number of rotatable bonds is 12. The molecule has 0 aromatic rings. The van der Waals surface area contributed by atoms with Crippen molar-refractivity contribution in [2.45, 2.75) is 240 Å². The van der Waals surface area contributed by atoms with Crippen LogP contribution in [0.1, 0.15) is 106 Å². The second-order valence-electron chi connectivity index (χ2n) is 21.4. The van der Waals surface area contributed by atoms with Gasteiger partial charge in [-0.05, 0) is 78.6 Å². The SMILES string of the molecule is CO[C@@H]1[C@@H](O)[C@H](O[C@@H]2[C@@H](C)O[C@@H](O[C@H]3[C@@H](OC)C[C@H](O[C@H]4[C@@H](O)C[C@H](O[C@H]5CC[C@@]6(C)C(=CC[C@]7(O)[C@@H]6C[C@@H](O)[C@]6(C)[C@H](C(C)=O)C[C@@H](O)[C@@]67O)C5)O[C@@H]4C)O[C@@H]3C)C[C@H]2OC)O[C@H](C)[C@H]1O. The summed E-state index contributed by atoms with van der Waals surface area (Å²) in [6.45, 7) is 12.3. The molecule has 4 aliphatic heterocycles. The van der Waals surface area contributed by atoms with Crippen LogP contribution in [-0.2, 0) is 56.9 Å². The molecule has 67 heavy (non-hydrogen) atoms. The quantitative estimate of drug-likeness (QED) is 0.135. The maximum absolute atomic E-state index is 12.7. The number of carbonyl (C=O) groups is 1. The van der Waals surface area contributed by atoms with E-state index in [0.29, 0.717) is 25.7 Å². The van der Waals surface area contributed by atoms with E-state index in [1.165, 1.54) is 14.0 Å². The Morgan fingerprint density at radius 3 is 1.79 bits per heavy atom. The summed E-state index contributed by atoms with van der Waals surface area (Å²) in [7, 11) is 4.56. The van der Waals surface area contributed by atoms with E-state index in [4.69, 9.17) is 52.1 Å². The third-order valence-corrected chi connectivity index (χ3v) is 17.8. The summed E-state index contributed by atoms with van der Waals surface area (Å²) in [5.41, 5.74) is -4.82. The Balaban J connectivity index is 0.838. The fourth-order valence-electron chi connectivity index (χ4n) is 13.9. The molecule has 4 saturated heterocycles. The van der Waals surface area contributed by atoms with Crippen LogP contribution >= 0.6 is 0 Å². The van der Waals surface area contributed by atoms with Crippen molar-refractivity contribution in [3.8, 4) is 0 Å². The predicted octanol–water partition coefficient (Wildman–Crippen LogP) is 1.14. The highest BCUT2D eigenvalue weighted by molar-refractivity contribution is 5.80. The van der Waals surface area contributed by atoms with Crippen LogP contribution in [0, 0.1) is 22.7 Å². The van der Waals surface area contributed by atoms with E-state index < -0.39 is 151 Å². The van der Waals surface area contributed by atoms with Gasteiger partial charge in [0.2, 0.25) is 0 Å². The Bertz CT molecular complexity index is 1760. The maximum Gasteiger partial charge on any atom is 0.187 e. The van der Waals surface area contributed by atoms with Crippen molar-refractivity contribution in [3.63, 3.8) is 0 Å². The number of aliphatic hydroxyl groups is 7. The number of ether oxygens (including phenoxy) is 11. The Morgan fingerprint density at radius 2 is 1.22 bits per heavy atom. The first-order valence-corrected chi connectivity index (χ1v) is 24.4. The highest BCUT2D eigenvalue weighted by Crippen LogP contribution is 2.69. The zero-order valence-electron chi connectivity index (χ0n) is 40.7. The van der Waals surface area contributed by atoms with E-state index >= 15 is 0 Å². The molecule has 19 heteroatoms. The molecule has 0 aromatic heterocycles. The highest BCUT2D eigenvalue weighted by Gasteiger charge is 2.79. The lowest BCUT2D eigenvalue weighted by Crippen LogP contribution is -2.78. The van der Waals surface area contributed by atoms with Crippen LogP contribution in [-0.4, -0.2) is 197 Å². The Kier molecular flexibility index (Phi) is 15.2. The number of ketones is 1. The van der Waals surface area contributed by atoms with E-state index in [1.54, 1.807) is 28.1 Å². The van der Waals surface area contributed by atoms with Gasteiger partial charge in [-0.1, -0.05) is 25.5 Å². The minimum Gasteiger partial charge on any atom is -0.392 e. The molecule has 4 heterocycles. The Hall–Kier alpha value is -1.31. The van der Waals surface area contributed by atoms with Gasteiger partial charge in [0, 0.05) is 57.8 Å². The molecule has 0 aromatic carbocycles. The van der Waals surface area contributed by atoms with Crippen molar-refractivity contribution in [3.05, 3.63) is 11.6 Å². The molecular weight excluding hydrogens is 881 g/mol. The molecule has 0 amide bonds. The summed E-state index contributed by atoms with van der Waals surface area (Å²) in [4.78, 5) is 12.7. The minimum atomic E-state index is -2.09. The van der Waals surface area contributed by atoms with Gasteiger partial charge < -0.3 is 87.9 Å². The fourth-order valence-corrected chi connectivity index (χ4v) is 13.9. The van der Waals surface area contributed by atoms with Gasteiger partial charge in [-0.25, -0.2) is 0 Å². The summed E-state index contributed by atoms with van der Waals surface area (Å²) < 4.78 is 67.5. The average molecular weight is 959 g/mol. The van der Waals surface area contributed by atoms with Crippen molar-refractivity contribution in [1.82, 2.24) is 0 Å². The van der Waals surface area contributed by atoms with Gasteiger partial charge in [0.1, 0.15) is 53.6 Å². The van der Waals surface area contributed by atoms with Gasteiger partial charge in [0.05, 0.1) is 61.0 Å². The third kappa shape index (κ3) is 8.73. The Labute approximate surface area is 393 Å². The van der Waals surface area contributed by atoms with Crippen LogP contribution in [0.3, 0.4) is 0 Å². The van der Waals surface area contributed by atoms with E-state index in [2.05, 4.69) is 0 Å². The summed E-state index contributed by atoms with van der Waals surface area (Å²) in [5, 5.41) is 80.7. The zero-order valence-corrected chi connectivity index (χ0v) is 40.7. The lowest BCUT2D eigenvalue weighted by Gasteiger charge is -2.66. The predicted molar refractivity (Wildman–Crippen MR) is 233 cm³/mol. The maximum atomic E-state index is 12.7. The van der Waals surface area contributed by atoms with Crippen LogP contribution in [0.4, 0.5) is 0 Å². The van der Waals surface area contributed by atoms with Crippen molar-refractivity contribution >= 4 is 5.78 Å². The summed E-state index contributed by atoms with van der Waals surface area (Å²) in [6, 6.07) is 0. The molecule has 0 bridgehead atoms. The number of hydrogen-bond donors (Lipinski definition) is 7. The van der Waals surface area contributed by atoms with Crippen molar-refractivity contribution in [1.29, 1.82) is 0 Å². The van der Waals surface area contributed by atoms with Crippen LogP contribution in [0.25, 0.3) is 0 Å². The molecule has 26 atom stereocenters. The molecule has 19 nitrogen and oxygen atoms in total. The molecular formula is C48H78O19. The van der Waals surface area contributed by atoms with E-state index in [0.717, 1.165) is 5.57 Å². The van der Waals surface area contributed by atoms with Gasteiger partial charge in [0.25, 0.3) is 0 Å². The standard InChI is InChI=1S/C48H78O19/c1-21(49)28-16-34(52)48(56)46(28,7)33(51)20-32-45(6)13-12-27(15-26(45)11-14-47(32,48)55)64-35-17-29(50)40(23(3)60-35)65-36-18-30(57-8)41(24(4)61-36)66-37-19-31(58-9)42(25(5)62-37)67-44-39(54)43(59-10)38(53)22(2)63-44/h11,22-25,27-44,50-56H,12-20H2,1-10H3/t22-,23-,24-,25-,27+,28+,29+,30+,31-,32-,33-,34-,35+,36+,37+,38-,39-,40-,41-,42-,43+,44+,45+,46+,47+,48-/m1/s1. The summed E-state index contributed by atoms with van der Waals surface area (Å²) >= 11 is 0. The van der Waals surface area contributed by atoms with Crippen LogP contribution in [0.2, 0.25) is 0 Å². The Morgan fingerprint density at radius 1 is 0.657 bits per heavy atom. The number of hydrogen-bond acceptors (Lipinski definition) is 19. The largest absolute Gasteiger partial charge is 0.392 e. The molecule has 8 aliphatic rings. The lowest BCUT2D eigenvalue weighted by molar-refractivity contribution is -0.355. The second-order valence-corrected chi connectivity index (χ2v) is 21.4. The normalized spacial score (nSPS) is 54.7. The zero-order chi connectivity index (χ0) is 48.7. The number of fused-ring (bicyclic) bond motifs is 5. The van der Waals surface area contributed by atoms with Gasteiger partial charge in [-0.15, -0.1) is 0 Å². The lowest BCUT2D eigenvalue weighted by atomic mass is 9.42. The fraction of sp³-hybridized carbons (Fsp3) is 0.938. The molecule has 384 valence electrons. The molecule has 0 spiro atoms. The van der Waals surface area contributed by atoms with E-state index in [9.17, 15) is 40.5 Å². The van der Waals surface area contributed by atoms with Crippen LogP contribution < -0.4 is 0 Å². The number of methoxy groups -OCH3 is 3. The van der Waals surface area contributed by atoms with E-state index in [-0.39, 0.29) is 44.0 Å². The first-order valence-electron chi connectivity index (χ1n) is 24.4. The van der Waals surface area contributed by atoms with Crippen molar-refractivity contribution in [2.24, 2.45) is 22.7 Å². The molecule has 7 N–H and O–H groups in total. The molecule has 0 unspecified atom stereocenters. The second kappa shape index (κ2) is 19.6. The summed E-state index contributed by atoms with van der Waals surface area (Å²) in [5.74, 6) is -1.59. The van der Waals surface area contributed by atoms with Crippen molar-refractivity contribution < 1.29 is 92.6 Å². The van der Waals surface area contributed by atoms with Crippen LogP contribution in [0.5, 0.6) is 0 Å². The molecule has 8 rings (SSSR count). The molecule has 3 saturated carbocycles. The minimum absolute atomic E-state index is 0.0220. The van der Waals surface area contributed by atoms with Gasteiger partial charge in [0.15, 0.2) is 25.2 Å². The van der Waals surface area contributed by atoms with Gasteiger partial charge in [-0.3, -0.25) is 4.79 Å². The smallest absolute Gasteiger partial charge is 0.187 e. The highest BCUT2D eigenvalue weighted by atomic mass is 16.8. The summed E-state index contributed by atoms with van der Waals surface area (Å²) in [6.07, 6.45) is -10.7. The van der Waals surface area contributed by atoms with Gasteiger partial charge >= 0.3 is 0 Å². The number of Topliss-reactive ketones (excluding diaryl/α,β-unsaturated/α-hetero) is 1. The first-order chi connectivity index (χ1) is 31.6. The molecule has 4 aliphatic carbocycles. The number of aliphatic hydroxyl groups excluding tert-OH is 5. The molecule has 0 radical (unpaired) electrons. The average Bonchev–Trinajstić information content (AvgIpc) is 3.50. The van der Waals surface area contributed by atoms with Crippen LogP contribution in [0.15, 0.2) is 11.6 Å². The first kappa shape index (κ1) is 52.0. The van der Waals surface area contributed by atoms with Gasteiger partial charge in [-0.2, -0.15) is 0 Å². The number of carbonyl (C=O) groups excluding carboxylic acids is 1. The molecule has 7 fully saturated rings. The van der Waals surface area contributed by atoms with E-state index in [1.807, 2.05) is 33.8 Å². The topological polar surface area (TPSA) is 260 Å².